The Morgan fingerprint density at radius 1 is 1.00 bits per heavy atom. The Hall–Kier alpha value is -2.59. The van der Waals surface area contributed by atoms with Gasteiger partial charge in [-0.25, -0.2) is 4.90 Å². The summed E-state index contributed by atoms with van der Waals surface area (Å²) < 4.78 is 0. The summed E-state index contributed by atoms with van der Waals surface area (Å²) in [5.41, 5.74) is 4.32. The van der Waals surface area contributed by atoms with Gasteiger partial charge >= 0.3 is 0 Å². The summed E-state index contributed by atoms with van der Waals surface area (Å²) in [4.78, 5) is 30.6. The lowest BCUT2D eigenvalue weighted by Crippen LogP contribution is -2.39. The Labute approximate surface area is 176 Å². The van der Waals surface area contributed by atoms with Crippen LogP contribution in [0.25, 0.3) is 5.57 Å². The molecule has 2 amide bonds. The highest BCUT2D eigenvalue weighted by molar-refractivity contribution is 6.45. The third-order valence-electron chi connectivity index (χ3n) is 5.77. The van der Waals surface area contributed by atoms with Crippen LogP contribution in [0.5, 0.6) is 0 Å². The Balaban J connectivity index is 1.84. The molecule has 0 N–H and O–H groups in total. The van der Waals surface area contributed by atoms with Crippen molar-refractivity contribution in [3.63, 3.8) is 0 Å². The number of imide groups is 1. The fourth-order valence-electron chi connectivity index (χ4n) is 4.27. The predicted octanol–water partition coefficient (Wildman–Crippen LogP) is 4.97. The Morgan fingerprint density at radius 3 is 2.38 bits per heavy atom. The van der Waals surface area contributed by atoms with Gasteiger partial charge in [0.2, 0.25) is 0 Å². The molecule has 0 bridgehead atoms. The molecule has 1 atom stereocenters. The van der Waals surface area contributed by atoms with Crippen molar-refractivity contribution in [3.05, 3.63) is 69.9 Å². The van der Waals surface area contributed by atoms with Crippen molar-refractivity contribution in [1.29, 1.82) is 0 Å². The second-order valence-corrected chi connectivity index (χ2v) is 8.60. The Bertz CT molecular complexity index is 1010. The summed E-state index contributed by atoms with van der Waals surface area (Å²) in [6.07, 6.45) is 2.17. The number of hydrogen-bond donors (Lipinski definition) is 0. The molecule has 0 saturated carbocycles. The van der Waals surface area contributed by atoms with Crippen LogP contribution >= 0.6 is 11.6 Å². The molecule has 150 valence electrons. The van der Waals surface area contributed by atoms with E-state index in [1.807, 2.05) is 38.1 Å². The molecule has 29 heavy (non-hydrogen) atoms. The van der Waals surface area contributed by atoms with Crippen LogP contribution in [-0.2, 0) is 9.59 Å². The summed E-state index contributed by atoms with van der Waals surface area (Å²) in [6.45, 7) is 7.66. The van der Waals surface area contributed by atoms with Gasteiger partial charge in [0.05, 0.1) is 11.3 Å². The quantitative estimate of drug-likeness (QED) is 0.673. The van der Waals surface area contributed by atoms with E-state index < -0.39 is 0 Å². The van der Waals surface area contributed by atoms with Gasteiger partial charge in [-0.1, -0.05) is 48.4 Å². The topological polar surface area (TPSA) is 40.6 Å². The minimum atomic E-state index is -0.266. The molecule has 4 rings (SSSR count). The maximum atomic E-state index is 13.6. The fourth-order valence-corrected chi connectivity index (χ4v) is 4.50. The van der Waals surface area contributed by atoms with Crippen LogP contribution in [0.4, 0.5) is 5.69 Å². The molecule has 2 heterocycles. The van der Waals surface area contributed by atoms with Gasteiger partial charge in [0.1, 0.15) is 5.70 Å². The average Bonchev–Trinajstić information content (AvgIpc) is 2.93. The number of aryl methyl sites for hydroxylation is 2. The van der Waals surface area contributed by atoms with Crippen LogP contribution in [0, 0.1) is 19.8 Å². The van der Waals surface area contributed by atoms with E-state index in [1.165, 1.54) is 4.90 Å². The van der Waals surface area contributed by atoms with E-state index in [-0.39, 0.29) is 11.8 Å². The second kappa shape index (κ2) is 7.68. The highest BCUT2D eigenvalue weighted by Gasteiger charge is 2.43. The van der Waals surface area contributed by atoms with E-state index in [0.29, 0.717) is 27.9 Å². The summed E-state index contributed by atoms with van der Waals surface area (Å²) in [6, 6.07) is 13.1. The molecule has 1 fully saturated rings. The van der Waals surface area contributed by atoms with Crippen LogP contribution in [0.3, 0.4) is 0 Å². The largest absolute Gasteiger partial charge is 0.366 e. The number of carbonyl (C=O) groups excluding carboxylic acids is 2. The normalized spacial score (nSPS) is 20.1. The zero-order chi connectivity index (χ0) is 20.7. The fraction of sp³-hybridized carbons (Fsp3) is 0.333. The van der Waals surface area contributed by atoms with Gasteiger partial charge in [-0.05, 0) is 61.9 Å². The number of benzene rings is 2. The van der Waals surface area contributed by atoms with Crippen LogP contribution in [0.1, 0.15) is 36.5 Å². The van der Waals surface area contributed by atoms with Crippen molar-refractivity contribution in [1.82, 2.24) is 4.90 Å². The van der Waals surface area contributed by atoms with E-state index in [0.717, 1.165) is 42.6 Å². The Morgan fingerprint density at radius 2 is 1.72 bits per heavy atom. The van der Waals surface area contributed by atoms with Crippen molar-refractivity contribution < 1.29 is 9.59 Å². The molecule has 5 heteroatoms. The summed E-state index contributed by atoms with van der Waals surface area (Å²) in [5.74, 6) is -0.0210. The number of rotatable bonds is 3. The first-order valence-electron chi connectivity index (χ1n) is 10.1. The minimum Gasteiger partial charge on any atom is -0.366 e. The van der Waals surface area contributed by atoms with Gasteiger partial charge in [0.15, 0.2) is 0 Å². The summed E-state index contributed by atoms with van der Waals surface area (Å²) in [7, 11) is 0. The molecule has 2 aromatic carbocycles. The molecular weight excluding hydrogens is 384 g/mol. The Kier molecular flexibility index (Phi) is 5.22. The van der Waals surface area contributed by atoms with Gasteiger partial charge in [0, 0.05) is 18.1 Å². The highest BCUT2D eigenvalue weighted by Crippen LogP contribution is 2.38. The highest BCUT2D eigenvalue weighted by atomic mass is 35.5. The SMILES string of the molecule is Cc1ccc(C2=C(N3CCCC(C)C3)C(=O)N(c3ccc(Cl)cc3C)C2=O)cc1. The van der Waals surface area contributed by atoms with Gasteiger partial charge < -0.3 is 4.90 Å². The molecule has 4 nitrogen and oxygen atoms in total. The predicted molar refractivity (Wildman–Crippen MR) is 117 cm³/mol. The molecule has 2 aliphatic heterocycles. The number of halogens is 1. The minimum absolute atomic E-state index is 0.245. The molecule has 0 spiro atoms. The monoisotopic (exact) mass is 408 g/mol. The third kappa shape index (κ3) is 3.58. The zero-order valence-electron chi connectivity index (χ0n) is 17.0. The van der Waals surface area contributed by atoms with Gasteiger partial charge in [-0.15, -0.1) is 0 Å². The molecule has 0 aliphatic carbocycles. The van der Waals surface area contributed by atoms with Crippen molar-refractivity contribution in [2.45, 2.75) is 33.6 Å². The molecule has 0 aromatic heterocycles. The number of nitrogens with zero attached hydrogens (tertiary/aromatic N) is 2. The first kappa shape index (κ1) is 19.7. The van der Waals surface area contributed by atoms with Crippen LogP contribution in [0.15, 0.2) is 48.2 Å². The molecule has 0 radical (unpaired) electrons. The number of anilines is 1. The van der Waals surface area contributed by atoms with E-state index in [9.17, 15) is 9.59 Å². The van der Waals surface area contributed by atoms with E-state index >= 15 is 0 Å². The van der Waals surface area contributed by atoms with Gasteiger partial charge in [-0.3, -0.25) is 9.59 Å². The molecule has 1 unspecified atom stereocenters. The van der Waals surface area contributed by atoms with Crippen LogP contribution in [-0.4, -0.2) is 29.8 Å². The second-order valence-electron chi connectivity index (χ2n) is 8.16. The van der Waals surface area contributed by atoms with E-state index in [1.54, 1.807) is 18.2 Å². The number of carbonyl (C=O) groups is 2. The lowest BCUT2D eigenvalue weighted by atomic mass is 9.97. The van der Waals surface area contributed by atoms with Crippen molar-refractivity contribution >= 4 is 34.7 Å². The summed E-state index contributed by atoms with van der Waals surface area (Å²) in [5, 5.41) is 0.585. The van der Waals surface area contributed by atoms with Crippen molar-refractivity contribution in [3.8, 4) is 0 Å². The maximum Gasteiger partial charge on any atom is 0.282 e. The van der Waals surface area contributed by atoms with Gasteiger partial charge in [0.25, 0.3) is 11.8 Å². The lowest BCUT2D eigenvalue weighted by molar-refractivity contribution is -0.120. The maximum absolute atomic E-state index is 13.6. The number of hydrogen-bond acceptors (Lipinski definition) is 3. The zero-order valence-corrected chi connectivity index (χ0v) is 17.8. The average molecular weight is 409 g/mol. The van der Waals surface area contributed by atoms with Crippen LogP contribution < -0.4 is 4.90 Å². The molecular formula is C24H25ClN2O2. The smallest absolute Gasteiger partial charge is 0.282 e. The van der Waals surface area contributed by atoms with Crippen molar-refractivity contribution in [2.75, 3.05) is 18.0 Å². The number of likely N-dealkylation sites (tertiary alicyclic amines) is 1. The first-order valence-corrected chi connectivity index (χ1v) is 10.5. The molecule has 2 aliphatic rings. The molecule has 1 saturated heterocycles. The molecule has 2 aromatic rings. The van der Waals surface area contributed by atoms with E-state index in [2.05, 4.69) is 11.8 Å². The van der Waals surface area contributed by atoms with Crippen LogP contribution in [0.2, 0.25) is 5.02 Å². The number of amides is 2. The lowest BCUT2D eigenvalue weighted by Gasteiger charge is -2.33. The first-order chi connectivity index (χ1) is 13.9. The number of piperidine rings is 1. The van der Waals surface area contributed by atoms with E-state index in [4.69, 9.17) is 11.6 Å². The standard InChI is InChI=1S/C24H25ClN2O2/c1-15-6-8-18(9-7-15)21-22(26-12-4-5-16(2)14-26)24(29)27(23(21)28)20-11-10-19(25)13-17(20)3/h6-11,13,16H,4-5,12,14H2,1-3H3. The third-order valence-corrected chi connectivity index (χ3v) is 6.01. The summed E-state index contributed by atoms with van der Waals surface area (Å²) >= 11 is 6.10. The van der Waals surface area contributed by atoms with Crippen molar-refractivity contribution in [2.24, 2.45) is 5.92 Å². The van der Waals surface area contributed by atoms with Gasteiger partial charge in [-0.2, -0.15) is 0 Å².